The van der Waals surface area contributed by atoms with Gasteiger partial charge in [-0.1, -0.05) is 18.2 Å². The number of amides is 1. The Morgan fingerprint density at radius 1 is 1.35 bits per heavy atom. The van der Waals surface area contributed by atoms with Crippen LogP contribution < -0.4 is 0 Å². The average Bonchev–Trinajstić information content (AvgIpc) is 3.04. The van der Waals surface area contributed by atoms with E-state index in [0.717, 1.165) is 24.5 Å². The second kappa shape index (κ2) is 6.86. The van der Waals surface area contributed by atoms with E-state index < -0.39 is 0 Å². The fourth-order valence-corrected chi connectivity index (χ4v) is 2.96. The van der Waals surface area contributed by atoms with Crippen molar-refractivity contribution >= 4 is 5.91 Å². The van der Waals surface area contributed by atoms with Crippen LogP contribution in [-0.2, 0) is 11.2 Å². The molecule has 0 bridgehead atoms. The third-order valence-electron chi connectivity index (χ3n) is 4.29. The molecule has 4 nitrogen and oxygen atoms in total. The first-order valence-corrected chi connectivity index (χ1v) is 7.94. The van der Waals surface area contributed by atoms with Crippen LogP contribution in [0.25, 0.3) is 0 Å². The van der Waals surface area contributed by atoms with Crippen LogP contribution in [0, 0.1) is 12.7 Å². The van der Waals surface area contributed by atoms with Gasteiger partial charge in [0.25, 0.3) is 0 Å². The maximum atomic E-state index is 13.6. The number of halogens is 1. The third kappa shape index (κ3) is 3.73. The van der Waals surface area contributed by atoms with E-state index in [1.165, 1.54) is 6.07 Å². The predicted molar refractivity (Wildman–Crippen MR) is 85.4 cm³/mol. The lowest BCUT2D eigenvalue weighted by molar-refractivity contribution is -0.130. The Bertz CT molecular complexity index is 704. The monoisotopic (exact) mass is 313 g/mol. The molecule has 2 heterocycles. The van der Waals surface area contributed by atoms with Crippen LogP contribution in [0.4, 0.5) is 4.39 Å². The molecule has 1 fully saturated rings. The molecule has 0 aliphatic carbocycles. The van der Waals surface area contributed by atoms with Crippen molar-refractivity contribution in [1.29, 1.82) is 0 Å². The minimum atomic E-state index is -0.243. The van der Waals surface area contributed by atoms with Crippen LogP contribution in [0.5, 0.6) is 0 Å². The number of likely N-dealkylation sites (tertiary alicyclic amines) is 1. The van der Waals surface area contributed by atoms with Crippen molar-refractivity contribution < 1.29 is 9.18 Å². The lowest BCUT2D eigenvalue weighted by atomic mass is 10.1. The van der Waals surface area contributed by atoms with Crippen LogP contribution in [0.3, 0.4) is 0 Å². The van der Waals surface area contributed by atoms with Crippen LogP contribution in [0.15, 0.2) is 36.5 Å². The molecule has 120 valence electrons. The molecule has 0 spiro atoms. The predicted octanol–water partition coefficient (Wildman–Crippen LogP) is 2.87. The van der Waals surface area contributed by atoms with Crippen LogP contribution in [0.1, 0.15) is 35.8 Å². The van der Waals surface area contributed by atoms with Gasteiger partial charge in [0.2, 0.25) is 5.91 Å². The molecule has 1 aliphatic rings. The minimum absolute atomic E-state index is 0.0726. The van der Waals surface area contributed by atoms with E-state index in [4.69, 9.17) is 0 Å². The molecule has 1 unspecified atom stereocenters. The summed E-state index contributed by atoms with van der Waals surface area (Å²) in [5, 5.41) is 0. The molecule has 23 heavy (non-hydrogen) atoms. The second-order valence-corrected chi connectivity index (χ2v) is 5.97. The van der Waals surface area contributed by atoms with E-state index in [1.54, 1.807) is 24.4 Å². The van der Waals surface area contributed by atoms with Crippen LogP contribution >= 0.6 is 0 Å². The van der Waals surface area contributed by atoms with E-state index in [2.05, 4.69) is 9.97 Å². The van der Waals surface area contributed by atoms with Gasteiger partial charge < -0.3 is 4.90 Å². The highest BCUT2D eigenvalue weighted by Crippen LogP contribution is 2.25. The zero-order valence-electron chi connectivity index (χ0n) is 13.2. The summed E-state index contributed by atoms with van der Waals surface area (Å²) in [6.45, 7) is 3.31. The molecule has 1 atom stereocenters. The smallest absolute Gasteiger partial charge is 0.222 e. The number of rotatable bonds is 4. The van der Waals surface area contributed by atoms with Crippen molar-refractivity contribution in [2.75, 3.05) is 13.1 Å². The fourth-order valence-electron chi connectivity index (χ4n) is 2.96. The van der Waals surface area contributed by atoms with Crippen molar-refractivity contribution in [2.45, 2.75) is 32.1 Å². The van der Waals surface area contributed by atoms with Gasteiger partial charge in [-0.05, 0) is 37.5 Å². The Morgan fingerprint density at radius 2 is 2.17 bits per heavy atom. The van der Waals surface area contributed by atoms with Crippen molar-refractivity contribution in [3.8, 4) is 0 Å². The molecule has 2 aromatic rings. The minimum Gasteiger partial charge on any atom is -0.342 e. The summed E-state index contributed by atoms with van der Waals surface area (Å²) < 4.78 is 13.6. The second-order valence-electron chi connectivity index (χ2n) is 5.97. The summed E-state index contributed by atoms with van der Waals surface area (Å²) in [6.07, 6.45) is 3.42. The van der Waals surface area contributed by atoms with E-state index in [0.29, 0.717) is 24.9 Å². The van der Waals surface area contributed by atoms with E-state index in [9.17, 15) is 9.18 Å². The highest BCUT2D eigenvalue weighted by atomic mass is 19.1. The Hall–Kier alpha value is -2.30. The molecule has 1 aromatic heterocycles. The van der Waals surface area contributed by atoms with Crippen molar-refractivity contribution in [3.63, 3.8) is 0 Å². The molecular formula is C18H20FN3O. The number of aromatic nitrogens is 2. The molecule has 5 heteroatoms. The SMILES string of the molecule is Cc1ccnc(C2CCN(C(=O)CCc3ccccc3F)C2)n1. The lowest BCUT2D eigenvalue weighted by Crippen LogP contribution is -2.28. The van der Waals surface area contributed by atoms with Crippen LogP contribution in [0.2, 0.25) is 0 Å². The van der Waals surface area contributed by atoms with Gasteiger partial charge in [-0.3, -0.25) is 4.79 Å². The van der Waals surface area contributed by atoms with Crippen molar-refractivity contribution in [1.82, 2.24) is 14.9 Å². The van der Waals surface area contributed by atoms with Gasteiger partial charge in [-0.2, -0.15) is 0 Å². The number of benzene rings is 1. The number of aryl methyl sites for hydroxylation is 2. The quantitative estimate of drug-likeness (QED) is 0.872. The molecule has 3 rings (SSSR count). The number of carbonyl (C=O) groups excluding carboxylic acids is 1. The van der Waals surface area contributed by atoms with Gasteiger partial charge in [0.05, 0.1) is 0 Å². The summed E-state index contributed by atoms with van der Waals surface area (Å²) in [5.41, 5.74) is 1.54. The zero-order chi connectivity index (χ0) is 16.2. The molecule has 1 amide bonds. The third-order valence-corrected chi connectivity index (χ3v) is 4.29. The van der Waals surface area contributed by atoms with Gasteiger partial charge in [-0.25, -0.2) is 14.4 Å². The van der Waals surface area contributed by atoms with Crippen LogP contribution in [-0.4, -0.2) is 33.9 Å². The molecular weight excluding hydrogens is 293 g/mol. The molecule has 0 radical (unpaired) electrons. The van der Waals surface area contributed by atoms with E-state index >= 15 is 0 Å². The Labute approximate surface area is 135 Å². The largest absolute Gasteiger partial charge is 0.342 e. The molecule has 1 aromatic carbocycles. The molecule has 0 N–H and O–H groups in total. The molecule has 1 saturated heterocycles. The van der Waals surface area contributed by atoms with Gasteiger partial charge in [0.15, 0.2) is 0 Å². The first-order chi connectivity index (χ1) is 11.1. The number of nitrogens with zero attached hydrogens (tertiary/aromatic N) is 3. The van der Waals surface area contributed by atoms with Gasteiger partial charge in [0, 0.05) is 37.3 Å². The Kier molecular flexibility index (Phi) is 4.65. The Balaban J connectivity index is 1.56. The van der Waals surface area contributed by atoms with Gasteiger partial charge >= 0.3 is 0 Å². The number of hydrogen-bond donors (Lipinski definition) is 0. The summed E-state index contributed by atoms with van der Waals surface area (Å²) in [4.78, 5) is 23.0. The summed E-state index contributed by atoms with van der Waals surface area (Å²) in [6, 6.07) is 8.49. The zero-order valence-corrected chi connectivity index (χ0v) is 13.2. The Morgan fingerprint density at radius 3 is 2.96 bits per heavy atom. The van der Waals surface area contributed by atoms with E-state index in [1.807, 2.05) is 17.9 Å². The number of hydrogen-bond acceptors (Lipinski definition) is 3. The average molecular weight is 313 g/mol. The maximum Gasteiger partial charge on any atom is 0.222 e. The lowest BCUT2D eigenvalue weighted by Gasteiger charge is -2.16. The fraction of sp³-hybridized carbons (Fsp3) is 0.389. The normalized spacial score (nSPS) is 17.5. The summed E-state index contributed by atoms with van der Waals surface area (Å²) in [7, 11) is 0. The van der Waals surface area contributed by atoms with E-state index in [-0.39, 0.29) is 17.6 Å². The van der Waals surface area contributed by atoms with Crippen molar-refractivity contribution in [2.24, 2.45) is 0 Å². The maximum absolute atomic E-state index is 13.6. The summed E-state index contributed by atoms with van der Waals surface area (Å²) >= 11 is 0. The first kappa shape index (κ1) is 15.6. The standard InChI is InChI=1S/C18H20FN3O/c1-13-8-10-20-18(21-13)15-9-11-22(12-15)17(23)7-6-14-4-2-3-5-16(14)19/h2-5,8,10,15H,6-7,9,11-12H2,1H3. The first-order valence-electron chi connectivity index (χ1n) is 7.94. The molecule has 0 saturated carbocycles. The van der Waals surface area contributed by atoms with Gasteiger partial charge in [-0.15, -0.1) is 0 Å². The highest BCUT2D eigenvalue weighted by Gasteiger charge is 2.28. The topological polar surface area (TPSA) is 46.1 Å². The van der Waals surface area contributed by atoms with Gasteiger partial charge in [0.1, 0.15) is 11.6 Å². The van der Waals surface area contributed by atoms with Crippen molar-refractivity contribution in [3.05, 3.63) is 59.4 Å². The number of carbonyl (C=O) groups is 1. The molecule has 1 aliphatic heterocycles. The highest BCUT2D eigenvalue weighted by molar-refractivity contribution is 5.76. The summed E-state index contributed by atoms with van der Waals surface area (Å²) in [5.74, 6) is 0.845.